The second-order valence-electron chi connectivity index (χ2n) is 5.13. The van der Waals surface area contributed by atoms with Gasteiger partial charge in [0.15, 0.2) is 5.96 Å². The first kappa shape index (κ1) is 17.0. The molecule has 0 saturated carbocycles. The van der Waals surface area contributed by atoms with Gasteiger partial charge in [-0.1, -0.05) is 29.8 Å². The van der Waals surface area contributed by atoms with Crippen LogP contribution in [0.15, 0.2) is 29.3 Å². The van der Waals surface area contributed by atoms with Gasteiger partial charge in [0.05, 0.1) is 12.5 Å². The second kappa shape index (κ2) is 9.00. The molecule has 0 aromatic heterocycles. The molecule has 21 heavy (non-hydrogen) atoms. The van der Waals surface area contributed by atoms with Crippen LogP contribution in [0.4, 0.5) is 0 Å². The highest BCUT2D eigenvalue weighted by Crippen LogP contribution is 2.02. The molecule has 116 valence electrons. The Labute approximate surface area is 126 Å². The maximum atomic E-state index is 11.4. The molecule has 0 unspecified atom stereocenters. The van der Waals surface area contributed by atoms with Crippen LogP contribution in [0.2, 0.25) is 0 Å². The minimum absolute atomic E-state index is 0.0727. The molecule has 0 amide bonds. The van der Waals surface area contributed by atoms with Crippen LogP contribution in [0.5, 0.6) is 0 Å². The summed E-state index contributed by atoms with van der Waals surface area (Å²) in [4.78, 5) is 15.5. The van der Waals surface area contributed by atoms with E-state index in [0.717, 1.165) is 0 Å². The lowest BCUT2D eigenvalue weighted by Crippen LogP contribution is -2.38. The van der Waals surface area contributed by atoms with Gasteiger partial charge in [0.25, 0.3) is 0 Å². The predicted octanol–water partition coefficient (Wildman–Crippen LogP) is 2.00. The number of esters is 1. The predicted molar refractivity (Wildman–Crippen MR) is 85.2 cm³/mol. The molecule has 2 N–H and O–H groups in total. The van der Waals surface area contributed by atoms with Crippen LogP contribution >= 0.6 is 0 Å². The van der Waals surface area contributed by atoms with Crippen molar-refractivity contribution in [3.05, 3.63) is 35.4 Å². The van der Waals surface area contributed by atoms with E-state index in [-0.39, 0.29) is 12.1 Å². The van der Waals surface area contributed by atoms with E-state index in [1.165, 1.54) is 11.1 Å². The van der Waals surface area contributed by atoms with E-state index in [2.05, 4.69) is 46.8 Å². The summed E-state index contributed by atoms with van der Waals surface area (Å²) in [6.45, 7) is 6.93. The Hall–Kier alpha value is -2.04. The largest absolute Gasteiger partial charge is 0.463 e. The van der Waals surface area contributed by atoms with Crippen LogP contribution in [-0.2, 0) is 16.1 Å². The van der Waals surface area contributed by atoms with Gasteiger partial charge in [0.1, 0.15) is 0 Å². The van der Waals surface area contributed by atoms with Gasteiger partial charge in [-0.05, 0) is 26.3 Å². The minimum Gasteiger partial charge on any atom is -0.463 e. The zero-order valence-electron chi connectivity index (χ0n) is 13.3. The standard InChI is InChI=1S/C16H25N3O2/c1-12(2)21-15(20)9-10-18-16(17-4)19-11-14-7-5-13(3)6-8-14/h5-8,12H,9-11H2,1-4H3,(H2,17,18,19). The van der Waals surface area contributed by atoms with E-state index < -0.39 is 0 Å². The first-order chi connectivity index (χ1) is 10.0. The van der Waals surface area contributed by atoms with E-state index in [0.29, 0.717) is 25.5 Å². The fourth-order valence-electron chi connectivity index (χ4n) is 1.72. The molecule has 0 bridgehead atoms. The highest BCUT2D eigenvalue weighted by molar-refractivity contribution is 5.80. The smallest absolute Gasteiger partial charge is 0.307 e. The number of hydrogen-bond donors (Lipinski definition) is 2. The van der Waals surface area contributed by atoms with E-state index in [4.69, 9.17) is 4.74 Å². The van der Waals surface area contributed by atoms with Crippen molar-refractivity contribution in [3.8, 4) is 0 Å². The molecule has 0 aliphatic rings. The number of nitrogens with one attached hydrogen (secondary N) is 2. The third kappa shape index (κ3) is 7.34. The van der Waals surface area contributed by atoms with Crippen molar-refractivity contribution in [1.29, 1.82) is 0 Å². The molecule has 1 rings (SSSR count). The summed E-state index contributed by atoms with van der Waals surface area (Å²) in [7, 11) is 1.71. The Morgan fingerprint density at radius 1 is 1.24 bits per heavy atom. The summed E-state index contributed by atoms with van der Waals surface area (Å²) >= 11 is 0. The lowest BCUT2D eigenvalue weighted by molar-refractivity contribution is -0.147. The number of guanidine groups is 1. The summed E-state index contributed by atoms with van der Waals surface area (Å²) in [6.07, 6.45) is 0.250. The molecule has 5 heteroatoms. The van der Waals surface area contributed by atoms with Crippen molar-refractivity contribution in [2.24, 2.45) is 4.99 Å². The van der Waals surface area contributed by atoms with Crippen LogP contribution in [-0.4, -0.2) is 31.6 Å². The number of rotatable bonds is 6. The number of benzene rings is 1. The normalized spacial score (nSPS) is 11.4. The van der Waals surface area contributed by atoms with Crippen LogP contribution < -0.4 is 10.6 Å². The average Bonchev–Trinajstić information content (AvgIpc) is 2.43. The van der Waals surface area contributed by atoms with Crippen molar-refractivity contribution in [2.75, 3.05) is 13.6 Å². The third-order valence-electron chi connectivity index (χ3n) is 2.79. The molecule has 0 saturated heterocycles. The van der Waals surface area contributed by atoms with Gasteiger partial charge in [-0.15, -0.1) is 0 Å². The average molecular weight is 291 g/mol. The van der Waals surface area contributed by atoms with Crippen LogP contribution in [0.25, 0.3) is 0 Å². The molecule has 0 heterocycles. The molecule has 0 spiro atoms. The van der Waals surface area contributed by atoms with Gasteiger partial charge in [0.2, 0.25) is 0 Å². The van der Waals surface area contributed by atoms with Gasteiger partial charge in [-0.25, -0.2) is 0 Å². The molecule has 1 aromatic rings. The number of nitrogens with zero attached hydrogens (tertiary/aromatic N) is 1. The zero-order chi connectivity index (χ0) is 15.7. The molecule has 0 fully saturated rings. The maximum absolute atomic E-state index is 11.4. The molecule has 0 atom stereocenters. The molecule has 0 radical (unpaired) electrons. The van der Waals surface area contributed by atoms with E-state index in [9.17, 15) is 4.79 Å². The molecular weight excluding hydrogens is 266 g/mol. The Balaban J connectivity index is 2.29. The number of ether oxygens (including phenoxy) is 1. The van der Waals surface area contributed by atoms with Crippen molar-refractivity contribution < 1.29 is 9.53 Å². The van der Waals surface area contributed by atoms with Crippen LogP contribution in [0.1, 0.15) is 31.4 Å². The van der Waals surface area contributed by atoms with E-state index >= 15 is 0 Å². The van der Waals surface area contributed by atoms with Crippen molar-refractivity contribution >= 4 is 11.9 Å². The highest BCUT2D eigenvalue weighted by Gasteiger charge is 2.05. The van der Waals surface area contributed by atoms with Crippen LogP contribution in [0.3, 0.4) is 0 Å². The first-order valence-electron chi connectivity index (χ1n) is 7.21. The number of carbonyl (C=O) groups is 1. The fourth-order valence-corrected chi connectivity index (χ4v) is 1.72. The SMILES string of the molecule is CN=C(NCCC(=O)OC(C)C)NCc1ccc(C)cc1. The Bertz CT molecular complexity index is 467. The Morgan fingerprint density at radius 3 is 2.48 bits per heavy atom. The number of carbonyl (C=O) groups excluding carboxylic acids is 1. The number of aliphatic imine (C=N–C) groups is 1. The summed E-state index contributed by atoms with van der Waals surface area (Å²) < 4.78 is 5.07. The third-order valence-corrected chi connectivity index (χ3v) is 2.79. The summed E-state index contributed by atoms with van der Waals surface area (Å²) in [5.41, 5.74) is 2.42. The fraction of sp³-hybridized carbons (Fsp3) is 0.500. The summed E-state index contributed by atoms with van der Waals surface area (Å²) in [6, 6.07) is 8.31. The summed E-state index contributed by atoms with van der Waals surface area (Å²) in [5, 5.41) is 6.30. The monoisotopic (exact) mass is 291 g/mol. The topological polar surface area (TPSA) is 62.7 Å². The quantitative estimate of drug-likeness (QED) is 0.478. The molecule has 0 aliphatic carbocycles. The van der Waals surface area contributed by atoms with Gasteiger partial charge >= 0.3 is 5.97 Å². The highest BCUT2D eigenvalue weighted by atomic mass is 16.5. The lowest BCUT2D eigenvalue weighted by Gasteiger charge is -2.12. The molecule has 5 nitrogen and oxygen atoms in total. The summed E-state index contributed by atoms with van der Waals surface area (Å²) in [5.74, 6) is 0.472. The molecule has 1 aromatic carbocycles. The number of aryl methyl sites for hydroxylation is 1. The van der Waals surface area contributed by atoms with Crippen molar-refractivity contribution in [2.45, 2.75) is 39.8 Å². The Kier molecular flexibility index (Phi) is 7.29. The van der Waals surface area contributed by atoms with E-state index in [1.807, 2.05) is 13.8 Å². The van der Waals surface area contributed by atoms with Crippen LogP contribution in [0, 0.1) is 6.92 Å². The van der Waals surface area contributed by atoms with Crippen molar-refractivity contribution in [1.82, 2.24) is 10.6 Å². The van der Waals surface area contributed by atoms with Gasteiger partial charge in [-0.3, -0.25) is 9.79 Å². The minimum atomic E-state index is -0.202. The van der Waals surface area contributed by atoms with Gasteiger partial charge < -0.3 is 15.4 Å². The maximum Gasteiger partial charge on any atom is 0.307 e. The molecule has 0 aliphatic heterocycles. The van der Waals surface area contributed by atoms with Gasteiger partial charge in [0, 0.05) is 20.1 Å². The second-order valence-corrected chi connectivity index (χ2v) is 5.13. The van der Waals surface area contributed by atoms with Gasteiger partial charge in [-0.2, -0.15) is 0 Å². The zero-order valence-corrected chi connectivity index (χ0v) is 13.3. The molecular formula is C16H25N3O2. The first-order valence-corrected chi connectivity index (χ1v) is 7.21. The van der Waals surface area contributed by atoms with Crippen molar-refractivity contribution in [3.63, 3.8) is 0 Å². The van der Waals surface area contributed by atoms with E-state index in [1.54, 1.807) is 7.05 Å². The number of hydrogen-bond acceptors (Lipinski definition) is 3. The Morgan fingerprint density at radius 2 is 1.90 bits per heavy atom. The lowest BCUT2D eigenvalue weighted by atomic mass is 10.1.